The Hall–Kier alpha value is -2.07. The molecule has 0 aromatic heterocycles. The molecule has 1 aromatic carbocycles. The molecule has 0 radical (unpaired) electrons. The second-order valence-corrected chi connectivity index (χ2v) is 6.56. The SMILES string of the molecule is C#CC(C)(C)Nc1cccc(S(C)(=O)=O)c1[N+](=O)[O-]. The van der Waals surface area contributed by atoms with Crippen molar-refractivity contribution in [1.29, 1.82) is 0 Å². The molecule has 0 spiro atoms. The molecule has 0 amide bonds. The molecule has 0 fully saturated rings. The van der Waals surface area contributed by atoms with Crippen LogP contribution in [0.2, 0.25) is 0 Å². The lowest BCUT2D eigenvalue weighted by Crippen LogP contribution is -2.29. The molecule has 0 aliphatic carbocycles. The quantitative estimate of drug-likeness (QED) is 0.517. The van der Waals surface area contributed by atoms with E-state index in [1.54, 1.807) is 13.8 Å². The lowest BCUT2D eigenvalue weighted by Gasteiger charge is -2.21. The number of anilines is 1. The van der Waals surface area contributed by atoms with Gasteiger partial charge >= 0.3 is 5.69 Å². The molecule has 6 nitrogen and oxygen atoms in total. The van der Waals surface area contributed by atoms with Crippen LogP contribution in [0.1, 0.15) is 13.8 Å². The number of nitrogens with one attached hydrogen (secondary N) is 1. The van der Waals surface area contributed by atoms with Gasteiger partial charge in [0.2, 0.25) is 0 Å². The van der Waals surface area contributed by atoms with Crippen LogP contribution in [-0.2, 0) is 9.84 Å². The number of benzene rings is 1. The standard InChI is InChI=1S/C12H14N2O4S/c1-5-12(2,3)13-9-7-6-8-10(19(4,17)18)11(9)14(15)16/h1,6-8,13H,2-4H3. The van der Waals surface area contributed by atoms with Crippen molar-refractivity contribution in [3.8, 4) is 12.3 Å². The smallest absolute Gasteiger partial charge is 0.310 e. The van der Waals surface area contributed by atoms with E-state index < -0.39 is 26.0 Å². The minimum Gasteiger partial charge on any atom is -0.364 e. The van der Waals surface area contributed by atoms with Crippen molar-refractivity contribution in [2.75, 3.05) is 11.6 Å². The number of hydrogen-bond donors (Lipinski definition) is 1. The first-order chi connectivity index (χ1) is 8.58. The van der Waals surface area contributed by atoms with Crippen LogP contribution >= 0.6 is 0 Å². The molecule has 1 rings (SSSR count). The lowest BCUT2D eigenvalue weighted by atomic mass is 10.1. The Morgan fingerprint density at radius 1 is 1.42 bits per heavy atom. The Labute approximate surface area is 111 Å². The van der Waals surface area contributed by atoms with Gasteiger partial charge in [0.25, 0.3) is 0 Å². The number of para-hydroxylation sites is 1. The van der Waals surface area contributed by atoms with Gasteiger partial charge in [-0.15, -0.1) is 6.42 Å². The number of terminal acetylenes is 1. The molecule has 0 aliphatic rings. The van der Waals surface area contributed by atoms with Crippen molar-refractivity contribution in [3.63, 3.8) is 0 Å². The second kappa shape index (κ2) is 4.90. The van der Waals surface area contributed by atoms with E-state index in [9.17, 15) is 18.5 Å². The topological polar surface area (TPSA) is 89.3 Å². The fourth-order valence-corrected chi connectivity index (χ4v) is 2.34. The minimum absolute atomic E-state index is 0.0795. The van der Waals surface area contributed by atoms with Crippen LogP contribution in [-0.4, -0.2) is 25.1 Å². The number of nitro benzene ring substituents is 1. The van der Waals surface area contributed by atoms with E-state index in [4.69, 9.17) is 6.42 Å². The summed E-state index contributed by atoms with van der Waals surface area (Å²) in [5.41, 5.74) is -1.25. The van der Waals surface area contributed by atoms with Crippen LogP contribution in [0.5, 0.6) is 0 Å². The fourth-order valence-electron chi connectivity index (χ4n) is 1.48. The van der Waals surface area contributed by atoms with Gasteiger partial charge in [0.05, 0.1) is 10.5 Å². The first kappa shape index (κ1) is 15.0. The predicted molar refractivity (Wildman–Crippen MR) is 72.7 cm³/mol. The highest BCUT2D eigenvalue weighted by Crippen LogP contribution is 2.33. The number of rotatable bonds is 4. The second-order valence-electron chi connectivity index (χ2n) is 4.58. The third kappa shape index (κ3) is 3.45. The molecule has 0 atom stereocenters. The highest BCUT2D eigenvalue weighted by atomic mass is 32.2. The summed E-state index contributed by atoms with van der Waals surface area (Å²) in [6, 6.07) is 4.05. The normalized spacial score (nSPS) is 11.7. The third-order valence-electron chi connectivity index (χ3n) is 2.39. The zero-order chi connectivity index (χ0) is 14.8. The molecule has 19 heavy (non-hydrogen) atoms. The zero-order valence-electron chi connectivity index (χ0n) is 10.8. The van der Waals surface area contributed by atoms with Crippen LogP contribution in [0.4, 0.5) is 11.4 Å². The maximum atomic E-state index is 11.6. The van der Waals surface area contributed by atoms with E-state index in [-0.39, 0.29) is 10.6 Å². The van der Waals surface area contributed by atoms with Crippen molar-refractivity contribution < 1.29 is 13.3 Å². The van der Waals surface area contributed by atoms with Crippen molar-refractivity contribution in [3.05, 3.63) is 28.3 Å². The maximum absolute atomic E-state index is 11.6. The van der Waals surface area contributed by atoms with E-state index in [0.29, 0.717) is 0 Å². The van der Waals surface area contributed by atoms with Crippen LogP contribution in [0.3, 0.4) is 0 Å². The van der Waals surface area contributed by atoms with Crippen LogP contribution < -0.4 is 5.32 Å². The van der Waals surface area contributed by atoms with Crippen LogP contribution in [0.15, 0.2) is 23.1 Å². The molecule has 0 saturated carbocycles. The van der Waals surface area contributed by atoms with Gasteiger partial charge in [-0.2, -0.15) is 0 Å². The van der Waals surface area contributed by atoms with E-state index in [1.807, 2.05) is 0 Å². The summed E-state index contributed by atoms with van der Waals surface area (Å²) in [7, 11) is -3.70. The molecule has 0 aliphatic heterocycles. The van der Waals surface area contributed by atoms with Crippen molar-refractivity contribution in [2.24, 2.45) is 0 Å². The summed E-state index contributed by atoms with van der Waals surface area (Å²) in [6.45, 7) is 3.31. The average Bonchev–Trinajstić information content (AvgIpc) is 2.26. The molecule has 1 N–H and O–H groups in total. The van der Waals surface area contributed by atoms with E-state index in [2.05, 4.69) is 11.2 Å². The fraction of sp³-hybridized carbons (Fsp3) is 0.333. The summed E-state index contributed by atoms with van der Waals surface area (Å²) in [6.07, 6.45) is 6.23. The molecule has 0 saturated heterocycles. The van der Waals surface area contributed by atoms with Gasteiger partial charge in [-0.1, -0.05) is 12.0 Å². The molecule has 0 bridgehead atoms. The summed E-state index contributed by atoms with van der Waals surface area (Å²) in [4.78, 5) is 10.0. The van der Waals surface area contributed by atoms with Crippen molar-refractivity contribution >= 4 is 21.2 Å². The average molecular weight is 282 g/mol. The monoisotopic (exact) mass is 282 g/mol. The van der Waals surface area contributed by atoms with Gasteiger partial charge in [-0.3, -0.25) is 10.1 Å². The Morgan fingerprint density at radius 2 is 2.00 bits per heavy atom. The van der Waals surface area contributed by atoms with Crippen LogP contribution in [0.25, 0.3) is 0 Å². The highest BCUT2D eigenvalue weighted by Gasteiger charge is 2.28. The molecule has 0 heterocycles. The summed E-state index contributed by atoms with van der Waals surface area (Å²) >= 11 is 0. The number of nitrogens with zero attached hydrogens (tertiary/aromatic N) is 1. The van der Waals surface area contributed by atoms with E-state index in [0.717, 1.165) is 6.26 Å². The molecular weight excluding hydrogens is 268 g/mol. The Bertz CT molecular complexity index is 657. The van der Waals surface area contributed by atoms with Crippen molar-refractivity contribution in [2.45, 2.75) is 24.3 Å². The number of nitro groups is 1. The molecular formula is C12H14N2O4S. The van der Waals surface area contributed by atoms with Gasteiger partial charge in [0, 0.05) is 6.26 Å². The van der Waals surface area contributed by atoms with Gasteiger partial charge in [0.15, 0.2) is 9.84 Å². The van der Waals surface area contributed by atoms with Gasteiger partial charge in [-0.25, -0.2) is 8.42 Å². The number of hydrogen-bond acceptors (Lipinski definition) is 5. The third-order valence-corrected chi connectivity index (χ3v) is 3.52. The minimum atomic E-state index is -3.70. The van der Waals surface area contributed by atoms with Crippen LogP contribution in [0, 0.1) is 22.5 Å². The van der Waals surface area contributed by atoms with E-state index >= 15 is 0 Å². The van der Waals surface area contributed by atoms with Crippen molar-refractivity contribution in [1.82, 2.24) is 0 Å². The Morgan fingerprint density at radius 3 is 2.42 bits per heavy atom. The maximum Gasteiger partial charge on any atom is 0.310 e. The summed E-state index contributed by atoms with van der Waals surface area (Å²) in [5, 5.41) is 13.9. The molecule has 1 aromatic rings. The molecule has 0 unspecified atom stereocenters. The molecule has 102 valence electrons. The Balaban J connectivity index is 3.52. The zero-order valence-corrected chi connectivity index (χ0v) is 11.6. The first-order valence-electron chi connectivity index (χ1n) is 5.32. The highest BCUT2D eigenvalue weighted by molar-refractivity contribution is 7.90. The van der Waals surface area contributed by atoms with Gasteiger partial charge in [-0.05, 0) is 26.0 Å². The lowest BCUT2D eigenvalue weighted by molar-refractivity contribution is -0.386. The largest absolute Gasteiger partial charge is 0.364 e. The summed E-state index contributed by atoms with van der Waals surface area (Å²) in [5.74, 6) is 2.43. The first-order valence-corrected chi connectivity index (χ1v) is 7.21. The summed E-state index contributed by atoms with van der Waals surface area (Å²) < 4.78 is 23.1. The molecule has 7 heteroatoms. The predicted octanol–water partition coefficient (Wildman–Crippen LogP) is 1.82. The van der Waals surface area contributed by atoms with E-state index in [1.165, 1.54) is 18.2 Å². The van der Waals surface area contributed by atoms with Gasteiger partial charge in [0.1, 0.15) is 10.6 Å². The van der Waals surface area contributed by atoms with Gasteiger partial charge < -0.3 is 5.32 Å². The number of sulfone groups is 1. The Kier molecular flexibility index (Phi) is 3.86.